The standard InChI is InChI=1S/C5H9.ClH.Ni/c1-3-5-4-2;;/h3,5H,1,4H2,2H3;1H;/q;;+1/p-1. The van der Waals surface area contributed by atoms with Crippen molar-refractivity contribution in [3.63, 3.8) is 0 Å². The van der Waals surface area contributed by atoms with Crippen molar-refractivity contribution >= 4 is 10.2 Å². The average Bonchev–Trinajstić information content (AvgIpc) is 1.69. The van der Waals surface area contributed by atoms with Crippen LogP contribution in [0.2, 0.25) is 5.39 Å². The Morgan fingerprint density at radius 1 is 1.57 bits per heavy atom. The maximum atomic E-state index is 5.32. The zero-order valence-electron chi connectivity index (χ0n) is 4.26. The van der Waals surface area contributed by atoms with E-state index in [1.807, 2.05) is 0 Å². The van der Waals surface area contributed by atoms with Crippen LogP contribution in [-0.4, -0.2) is 0 Å². The number of halogens is 1. The van der Waals surface area contributed by atoms with Gasteiger partial charge in [-0.25, -0.2) is 0 Å². The first-order chi connectivity index (χ1) is 3.41. The third-order valence-electron chi connectivity index (χ3n) is 0.526. The van der Waals surface area contributed by atoms with E-state index in [4.69, 9.17) is 10.2 Å². The summed E-state index contributed by atoms with van der Waals surface area (Å²) < 4.78 is 0. The molecular weight excluding hydrogens is 154 g/mol. The summed E-state index contributed by atoms with van der Waals surface area (Å²) in [5, 5.41) is 0.947. The van der Waals surface area contributed by atoms with Crippen LogP contribution >= 0.6 is 10.2 Å². The molecule has 0 unspecified atom stereocenters. The molecule has 0 N–H and O–H groups in total. The Kier molecular flexibility index (Phi) is 7.01. The number of allylic oxidation sites excluding steroid dienone is 2. The van der Waals surface area contributed by atoms with E-state index in [1.165, 1.54) is 13.5 Å². The number of hydrogen-bond donors (Lipinski definition) is 0. The van der Waals surface area contributed by atoms with Crippen LogP contribution in [-0.2, 0) is 13.5 Å². The van der Waals surface area contributed by atoms with Crippen molar-refractivity contribution in [3.05, 3.63) is 12.2 Å². The van der Waals surface area contributed by atoms with E-state index < -0.39 is 0 Å². The fraction of sp³-hybridized carbons (Fsp3) is 0.600. The van der Waals surface area contributed by atoms with Crippen LogP contribution in [0.3, 0.4) is 0 Å². The van der Waals surface area contributed by atoms with E-state index >= 15 is 0 Å². The third-order valence-corrected chi connectivity index (χ3v) is 1.31. The molecule has 0 fully saturated rings. The van der Waals surface area contributed by atoms with Crippen molar-refractivity contribution in [2.45, 2.75) is 18.7 Å². The predicted octanol–water partition coefficient (Wildman–Crippen LogP) is 2.61. The van der Waals surface area contributed by atoms with Gasteiger partial charge in [0.25, 0.3) is 0 Å². The van der Waals surface area contributed by atoms with Crippen molar-refractivity contribution in [2.75, 3.05) is 0 Å². The maximum absolute atomic E-state index is 5.32. The van der Waals surface area contributed by atoms with Gasteiger partial charge in [0.15, 0.2) is 0 Å². The molecule has 7 heavy (non-hydrogen) atoms. The molecule has 0 aromatic carbocycles. The molecule has 0 spiro atoms. The third kappa shape index (κ3) is 6.52. The minimum atomic E-state index is 0.947. The van der Waals surface area contributed by atoms with Gasteiger partial charge in [0, 0.05) is 0 Å². The molecule has 0 atom stereocenters. The van der Waals surface area contributed by atoms with Crippen LogP contribution in [0.4, 0.5) is 0 Å². The van der Waals surface area contributed by atoms with Crippen LogP contribution in [0.1, 0.15) is 13.3 Å². The molecule has 0 rings (SSSR count). The first kappa shape index (κ1) is 7.52. The second-order valence-electron chi connectivity index (χ2n) is 1.09. The van der Waals surface area contributed by atoms with Gasteiger partial charge in [0.1, 0.15) is 0 Å². The average molecular weight is 163 g/mol. The molecule has 0 amide bonds. The Morgan fingerprint density at radius 3 is 2.71 bits per heavy atom. The monoisotopic (exact) mass is 162 g/mol. The molecule has 0 aliphatic carbocycles. The van der Waals surface area contributed by atoms with Gasteiger partial charge in [-0.2, -0.15) is 0 Å². The Bertz CT molecular complexity index is 52.0. The molecule has 0 saturated carbocycles. The van der Waals surface area contributed by atoms with E-state index in [-0.39, 0.29) is 0 Å². The van der Waals surface area contributed by atoms with Gasteiger partial charge in [-0.1, -0.05) is 0 Å². The fourth-order valence-electron chi connectivity index (χ4n) is 0.248. The van der Waals surface area contributed by atoms with Crippen LogP contribution in [0.5, 0.6) is 0 Å². The molecule has 0 aromatic heterocycles. The second kappa shape index (κ2) is 6.52. The molecule has 0 radical (unpaired) electrons. The first-order valence-corrected chi connectivity index (χ1v) is 4.26. The summed E-state index contributed by atoms with van der Waals surface area (Å²) >= 11 is 1.18. The first-order valence-electron chi connectivity index (χ1n) is 2.20. The van der Waals surface area contributed by atoms with Gasteiger partial charge in [-0.15, -0.1) is 0 Å². The summed E-state index contributed by atoms with van der Waals surface area (Å²) in [4.78, 5) is 0. The Labute approximate surface area is 55.0 Å². The number of hydrogen-bond acceptors (Lipinski definition) is 0. The summed E-state index contributed by atoms with van der Waals surface area (Å²) in [6, 6.07) is 0. The molecule has 0 saturated heterocycles. The van der Waals surface area contributed by atoms with Crippen molar-refractivity contribution in [1.82, 2.24) is 0 Å². The summed E-state index contributed by atoms with van der Waals surface area (Å²) in [5.41, 5.74) is 0. The summed E-state index contributed by atoms with van der Waals surface area (Å²) in [6.45, 7) is 2.11. The van der Waals surface area contributed by atoms with E-state index in [1.54, 1.807) is 0 Å². The van der Waals surface area contributed by atoms with E-state index in [9.17, 15) is 0 Å². The van der Waals surface area contributed by atoms with Crippen molar-refractivity contribution in [3.8, 4) is 0 Å². The second-order valence-corrected chi connectivity index (χ2v) is 2.46. The van der Waals surface area contributed by atoms with Crippen LogP contribution < -0.4 is 0 Å². The van der Waals surface area contributed by atoms with Gasteiger partial charge in [-0.05, 0) is 0 Å². The predicted molar refractivity (Wildman–Crippen MR) is 30.1 cm³/mol. The Balaban J connectivity index is 2.78. The molecular formula is C5H9ClNi. The van der Waals surface area contributed by atoms with Crippen LogP contribution in [0.25, 0.3) is 0 Å². The fourth-order valence-corrected chi connectivity index (χ4v) is 0.732. The SMILES string of the molecule is CCC=C[CH2][Ni][Cl]. The molecule has 46 valence electrons. The summed E-state index contributed by atoms with van der Waals surface area (Å²) in [6.07, 6.45) is 5.30. The van der Waals surface area contributed by atoms with Gasteiger partial charge in [0.05, 0.1) is 0 Å². The number of rotatable bonds is 3. The summed E-state index contributed by atoms with van der Waals surface area (Å²) in [7, 11) is 5.32. The van der Waals surface area contributed by atoms with Crippen molar-refractivity contribution in [1.29, 1.82) is 0 Å². The topological polar surface area (TPSA) is 0 Å². The minimum absolute atomic E-state index is 0.947. The molecule has 0 aromatic rings. The molecule has 0 aliphatic rings. The summed E-state index contributed by atoms with van der Waals surface area (Å²) in [5.74, 6) is 0. The molecule has 0 aliphatic heterocycles. The molecule has 0 heterocycles. The normalized spacial score (nSPS) is 11.1. The molecule has 2 heteroatoms. The van der Waals surface area contributed by atoms with Crippen LogP contribution in [0.15, 0.2) is 12.2 Å². The van der Waals surface area contributed by atoms with E-state index in [2.05, 4.69) is 19.1 Å². The Morgan fingerprint density at radius 2 is 2.29 bits per heavy atom. The zero-order chi connectivity index (χ0) is 5.54. The van der Waals surface area contributed by atoms with Gasteiger partial charge in [0.2, 0.25) is 0 Å². The van der Waals surface area contributed by atoms with E-state index in [0.717, 1.165) is 11.8 Å². The van der Waals surface area contributed by atoms with Crippen molar-refractivity contribution < 1.29 is 13.5 Å². The Hall–Kier alpha value is 0.524. The van der Waals surface area contributed by atoms with Crippen LogP contribution in [0, 0.1) is 0 Å². The van der Waals surface area contributed by atoms with Gasteiger partial charge in [-0.3, -0.25) is 0 Å². The van der Waals surface area contributed by atoms with E-state index in [0.29, 0.717) is 0 Å². The quantitative estimate of drug-likeness (QED) is 0.443. The molecule has 0 bridgehead atoms. The van der Waals surface area contributed by atoms with Crippen molar-refractivity contribution in [2.24, 2.45) is 0 Å². The van der Waals surface area contributed by atoms with Gasteiger partial charge >= 0.3 is 54.6 Å². The molecule has 0 nitrogen and oxygen atoms in total. The van der Waals surface area contributed by atoms with Gasteiger partial charge < -0.3 is 0 Å². The zero-order valence-corrected chi connectivity index (χ0v) is 6.01.